The lowest BCUT2D eigenvalue weighted by atomic mass is 9.93. The number of nitrogens with zero attached hydrogens (tertiary/aromatic N) is 2. The minimum Gasteiger partial charge on any atom is -0.360 e. The van der Waals surface area contributed by atoms with Crippen molar-refractivity contribution < 1.29 is 12.9 Å². The number of rotatable bonds is 2. The maximum Gasteiger partial charge on any atom is 0.269 e. The highest BCUT2D eigenvalue weighted by atomic mass is 32.2. The molecule has 0 spiro atoms. The summed E-state index contributed by atoms with van der Waals surface area (Å²) in [7, 11) is -3.64. The molecule has 0 N–H and O–H groups in total. The third kappa shape index (κ3) is 2.14. The largest absolute Gasteiger partial charge is 0.360 e. The molecule has 0 amide bonds. The van der Waals surface area contributed by atoms with E-state index in [0.29, 0.717) is 23.9 Å². The number of aryl methyl sites for hydroxylation is 2. The molecule has 2 heterocycles. The predicted molar refractivity (Wildman–Crippen MR) is 80.0 cm³/mol. The van der Waals surface area contributed by atoms with E-state index in [4.69, 9.17) is 4.52 Å². The average molecular weight is 306 g/mol. The lowest BCUT2D eigenvalue weighted by Crippen LogP contribution is -2.36. The van der Waals surface area contributed by atoms with Crippen LogP contribution in [0.3, 0.4) is 0 Å². The number of aromatic nitrogens is 1. The zero-order chi connectivity index (χ0) is 15.2. The molecule has 5 nitrogen and oxygen atoms in total. The quantitative estimate of drug-likeness (QED) is 0.855. The first-order valence-corrected chi connectivity index (χ1v) is 8.41. The van der Waals surface area contributed by atoms with Gasteiger partial charge in [-0.25, -0.2) is 8.42 Å². The Morgan fingerprint density at radius 1 is 1.29 bits per heavy atom. The van der Waals surface area contributed by atoms with Crippen LogP contribution in [0.15, 0.2) is 33.7 Å². The Morgan fingerprint density at radius 3 is 2.67 bits per heavy atom. The van der Waals surface area contributed by atoms with Gasteiger partial charge in [-0.1, -0.05) is 30.3 Å². The first-order chi connectivity index (χ1) is 9.93. The first kappa shape index (κ1) is 14.1. The van der Waals surface area contributed by atoms with Crippen molar-refractivity contribution in [2.45, 2.75) is 38.0 Å². The van der Waals surface area contributed by atoms with Gasteiger partial charge in [-0.2, -0.15) is 0 Å². The van der Waals surface area contributed by atoms with Crippen LogP contribution in [0.2, 0.25) is 0 Å². The van der Waals surface area contributed by atoms with Crippen LogP contribution in [0.4, 0.5) is 5.69 Å². The third-order valence-electron chi connectivity index (χ3n) is 4.02. The molecule has 1 aliphatic heterocycles. The monoisotopic (exact) mass is 306 g/mol. The van der Waals surface area contributed by atoms with E-state index in [9.17, 15) is 8.42 Å². The maximum absolute atomic E-state index is 13.0. The van der Waals surface area contributed by atoms with Gasteiger partial charge in [-0.3, -0.25) is 4.31 Å². The van der Waals surface area contributed by atoms with Crippen LogP contribution in [-0.4, -0.2) is 20.1 Å². The fourth-order valence-corrected chi connectivity index (χ4v) is 4.72. The van der Waals surface area contributed by atoms with Crippen LogP contribution in [0.1, 0.15) is 36.3 Å². The molecule has 0 bridgehead atoms. The zero-order valence-corrected chi connectivity index (χ0v) is 13.1. The van der Waals surface area contributed by atoms with Gasteiger partial charge in [-0.05, 0) is 37.8 Å². The Bertz CT molecular complexity index is 760. The Morgan fingerprint density at radius 2 is 2.00 bits per heavy atom. The van der Waals surface area contributed by atoms with Crippen LogP contribution in [0, 0.1) is 13.8 Å². The van der Waals surface area contributed by atoms with Crippen molar-refractivity contribution in [3.05, 3.63) is 41.3 Å². The summed E-state index contributed by atoms with van der Waals surface area (Å²) in [6.07, 6.45) is 0.805. The summed E-state index contributed by atoms with van der Waals surface area (Å²) in [5.74, 6) is 0.695. The molecule has 1 aromatic heterocycles. The summed E-state index contributed by atoms with van der Waals surface area (Å²) in [5, 5.41) is 3.77. The lowest BCUT2D eigenvalue weighted by molar-refractivity contribution is 0.390. The van der Waals surface area contributed by atoms with Crippen molar-refractivity contribution in [3.63, 3.8) is 0 Å². The van der Waals surface area contributed by atoms with Gasteiger partial charge < -0.3 is 4.52 Å². The summed E-state index contributed by atoms with van der Waals surface area (Å²) in [4.78, 5) is 0.187. The Hall–Kier alpha value is -1.82. The summed E-state index contributed by atoms with van der Waals surface area (Å²) in [6.45, 7) is 5.89. The van der Waals surface area contributed by atoms with E-state index in [1.807, 2.05) is 24.3 Å². The molecule has 0 fully saturated rings. The highest BCUT2D eigenvalue weighted by Crippen LogP contribution is 2.38. The van der Waals surface area contributed by atoms with Crippen LogP contribution < -0.4 is 4.31 Å². The zero-order valence-electron chi connectivity index (χ0n) is 12.3. The Labute approximate surface area is 124 Å². The molecule has 1 aliphatic rings. The molecule has 21 heavy (non-hydrogen) atoms. The van der Waals surface area contributed by atoms with Gasteiger partial charge in [0.2, 0.25) is 0 Å². The van der Waals surface area contributed by atoms with Crippen molar-refractivity contribution >= 4 is 15.7 Å². The smallest absolute Gasteiger partial charge is 0.269 e. The van der Waals surface area contributed by atoms with Crippen LogP contribution in [0.25, 0.3) is 0 Å². The molecular weight excluding hydrogens is 288 g/mol. The topological polar surface area (TPSA) is 63.4 Å². The van der Waals surface area contributed by atoms with E-state index in [1.54, 1.807) is 13.8 Å². The van der Waals surface area contributed by atoms with E-state index in [2.05, 4.69) is 12.1 Å². The van der Waals surface area contributed by atoms with E-state index in [0.717, 1.165) is 17.7 Å². The van der Waals surface area contributed by atoms with Crippen molar-refractivity contribution in [1.29, 1.82) is 0 Å². The number of fused-ring (bicyclic) bond motifs is 1. The third-order valence-corrected chi connectivity index (χ3v) is 6.08. The number of para-hydroxylation sites is 1. The van der Waals surface area contributed by atoms with Gasteiger partial charge in [0.1, 0.15) is 5.69 Å². The molecule has 0 aliphatic carbocycles. The number of benzene rings is 1. The average Bonchev–Trinajstić information content (AvgIpc) is 2.79. The molecular formula is C15H18N2O3S. The predicted octanol–water partition coefficient (Wildman–Crippen LogP) is 2.99. The minimum absolute atomic E-state index is 0.187. The van der Waals surface area contributed by atoms with E-state index >= 15 is 0 Å². The van der Waals surface area contributed by atoms with E-state index in [-0.39, 0.29) is 4.90 Å². The number of hydrogen-bond donors (Lipinski definition) is 0. The van der Waals surface area contributed by atoms with Gasteiger partial charge in [0.25, 0.3) is 10.0 Å². The van der Waals surface area contributed by atoms with E-state index in [1.165, 1.54) is 4.31 Å². The highest BCUT2D eigenvalue weighted by Gasteiger charge is 2.35. The summed E-state index contributed by atoms with van der Waals surface area (Å²) in [6, 6.07) is 7.67. The minimum atomic E-state index is -3.64. The molecule has 1 atom stereocenters. The van der Waals surface area contributed by atoms with Crippen molar-refractivity contribution in [2.24, 2.45) is 0 Å². The molecule has 0 saturated heterocycles. The Kier molecular flexibility index (Phi) is 3.28. The molecule has 2 aromatic rings. The molecule has 0 saturated carbocycles. The second-order valence-electron chi connectivity index (χ2n) is 5.48. The normalized spacial score (nSPS) is 18.6. The van der Waals surface area contributed by atoms with Gasteiger partial charge in [-0.15, -0.1) is 0 Å². The van der Waals surface area contributed by atoms with Crippen LogP contribution in [0.5, 0.6) is 0 Å². The molecule has 112 valence electrons. The lowest BCUT2D eigenvalue weighted by Gasteiger charge is -2.33. The Balaban J connectivity index is 2.16. The second kappa shape index (κ2) is 4.87. The summed E-state index contributed by atoms with van der Waals surface area (Å²) < 4.78 is 32.5. The fourth-order valence-electron chi connectivity index (χ4n) is 2.92. The highest BCUT2D eigenvalue weighted by molar-refractivity contribution is 7.93. The van der Waals surface area contributed by atoms with Gasteiger partial charge >= 0.3 is 0 Å². The van der Waals surface area contributed by atoms with Crippen LogP contribution in [-0.2, 0) is 10.0 Å². The molecule has 1 unspecified atom stereocenters. The number of sulfonamides is 1. The van der Waals surface area contributed by atoms with Crippen molar-refractivity contribution in [2.75, 3.05) is 10.8 Å². The maximum atomic E-state index is 13.0. The second-order valence-corrected chi connectivity index (χ2v) is 7.28. The fraction of sp³-hybridized carbons (Fsp3) is 0.400. The molecule has 0 radical (unpaired) electrons. The summed E-state index contributed by atoms with van der Waals surface area (Å²) in [5.41, 5.74) is 2.24. The first-order valence-electron chi connectivity index (χ1n) is 6.97. The van der Waals surface area contributed by atoms with Gasteiger partial charge in [0.15, 0.2) is 10.7 Å². The van der Waals surface area contributed by atoms with Gasteiger partial charge in [0, 0.05) is 6.54 Å². The van der Waals surface area contributed by atoms with E-state index < -0.39 is 10.0 Å². The number of anilines is 1. The molecule has 1 aromatic carbocycles. The standard InChI is InChI=1S/C15H18N2O3S/c1-10-8-9-17(14-7-5-4-6-13(10)14)21(18,19)15-11(2)16-20-12(15)3/h4-7,10H,8-9H2,1-3H3. The molecule has 6 heteroatoms. The number of hydrogen-bond acceptors (Lipinski definition) is 4. The molecule has 3 rings (SSSR count). The van der Waals surface area contributed by atoms with Crippen molar-refractivity contribution in [1.82, 2.24) is 5.16 Å². The summed E-state index contributed by atoms with van der Waals surface area (Å²) >= 11 is 0. The SMILES string of the molecule is Cc1noc(C)c1S(=O)(=O)N1CCC(C)c2ccccc21. The van der Waals surface area contributed by atoms with Crippen molar-refractivity contribution in [3.8, 4) is 0 Å². The van der Waals surface area contributed by atoms with Gasteiger partial charge in [0.05, 0.1) is 5.69 Å². The van der Waals surface area contributed by atoms with Crippen LogP contribution >= 0.6 is 0 Å².